The molecule has 0 saturated carbocycles. The Balaban J connectivity index is 2.50. The highest BCUT2D eigenvalue weighted by atomic mass is 35.7. The third-order valence-electron chi connectivity index (χ3n) is 2.49. The van der Waals surface area contributed by atoms with Crippen molar-refractivity contribution in [3.63, 3.8) is 0 Å². The first-order valence-electron chi connectivity index (χ1n) is 5.51. The maximum atomic E-state index is 11.7. The lowest BCUT2D eigenvalue weighted by Crippen LogP contribution is -2.44. The number of rotatable bonds is 1. The molecular weight excluding hydrogens is 266 g/mol. The van der Waals surface area contributed by atoms with Crippen LogP contribution in [0, 0.1) is 0 Å². The second kappa shape index (κ2) is 5.02. The van der Waals surface area contributed by atoms with Crippen molar-refractivity contribution in [3.8, 4) is 0 Å². The molecule has 5 nitrogen and oxygen atoms in total. The quantitative estimate of drug-likeness (QED) is 0.690. The number of amides is 1. The molecule has 1 aliphatic heterocycles. The van der Waals surface area contributed by atoms with E-state index in [9.17, 15) is 13.2 Å². The summed E-state index contributed by atoms with van der Waals surface area (Å²) in [5, 5.41) is -0.553. The lowest BCUT2D eigenvalue weighted by atomic mass is 10.1. The number of hydrogen-bond donors (Lipinski definition) is 0. The molecule has 0 atom stereocenters. The molecule has 1 aliphatic rings. The third kappa shape index (κ3) is 4.71. The van der Waals surface area contributed by atoms with Gasteiger partial charge in [0.25, 0.3) is 0 Å². The van der Waals surface area contributed by atoms with Gasteiger partial charge in [0.15, 0.2) is 0 Å². The standard InChI is InChI=1S/C10H18ClNO4S/c1-10(2,3)16-9(13)12-6-4-8(5-7-12)17(11,14)15/h8H,4-7H2,1-3H3. The van der Waals surface area contributed by atoms with Crippen molar-refractivity contribution in [1.29, 1.82) is 0 Å². The van der Waals surface area contributed by atoms with Crippen LogP contribution in [0.25, 0.3) is 0 Å². The molecule has 0 spiro atoms. The molecule has 1 amide bonds. The minimum absolute atomic E-state index is 0.366. The molecular formula is C10H18ClNO4S. The average molecular weight is 284 g/mol. The van der Waals surface area contributed by atoms with Crippen molar-refractivity contribution in [2.75, 3.05) is 13.1 Å². The van der Waals surface area contributed by atoms with Crippen LogP contribution in [0.4, 0.5) is 4.79 Å². The van der Waals surface area contributed by atoms with Gasteiger partial charge in [0.05, 0.1) is 5.25 Å². The summed E-state index contributed by atoms with van der Waals surface area (Å²) in [6.07, 6.45) is 0.332. The molecule has 0 N–H and O–H groups in total. The van der Waals surface area contributed by atoms with Gasteiger partial charge in [-0.3, -0.25) is 0 Å². The Kier molecular flexibility index (Phi) is 4.30. The Morgan fingerprint density at radius 3 is 2.12 bits per heavy atom. The van der Waals surface area contributed by atoms with Crippen LogP contribution < -0.4 is 0 Å². The predicted molar refractivity (Wildman–Crippen MR) is 65.6 cm³/mol. The third-order valence-corrected chi connectivity index (χ3v) is 4.52. The van der Waals surface area contributed by atoms with Crippen LogP contribution in [-0.4, -0.2) is 43.4 Å². The molecule has 0 aliphatic carbocycles. The first kappa shape index (κ1) is 14.6. The van der Waals surface area contributed by atoms with Crippen LogP contribution in [0.5, 0.6) is 0 Å². The van der Waals surface area contributed by atoms with Gasteiger partial charge in [-0.1, -0.05) is 0 Å². The average Bonchev–Trinajstić information content (AvgIpc) is 2.14. The summed E-state index contributed by atoms with van der Waals surface area (Å²) in [7, 11) is 1.77. The first-order chi connectivity index (χ1) is 7.59. The van der Waals surface area contributed by atoms with Gasteiger partial charge in [-0.2, -0.15) is 0 Å². The van der Waals surface area contributed by atoms with Crippen molar-refractivity contribution in [2.45, 2.75) is 44.5 Å². The Labute approximate surface area is 106 Å². The Hall–Kier alpha value is -0.490. The molecule has 0 bridgehead atoms. The van der Waals surface area contributed by atoms with E-state index in [2.05, 4.69) is 0 Å². The molecule has 100 valence electrons. The van der Waals surface area contributed by atoms with E-state index in [1.54, 1.807) is 20.8 Å². The number of likely N-dealkylation sites (tertiary alicyclic amines) is 1. The van der Waals surface area contributed by atoms with E-state index in [1.165, 1.54) is 4.90 Å². The van der Waals surface area contributed by atoms with E-state index in [1.807, 2.05) is 0 Å². The minimum Gasteiger partial charge on any atom is -0.444 e. The van der Waals surface area contributed by atoms with E-state index in [-0.39, 0.29) is 0 Å². The van der Waals surface area contributed by atoms with Crippen LogP contribution >= 0.6 is 10.7 Å². The van der Waals surface area contributed by atoms with Crippen molar-refractivity contribution >= 4 is 25.8 Å². The number of piperidine rings is 1. The normalized spacial score (nSPS) is 19.2. The number of hydrogen-bond acceptors (Lipinski definition) is 4. The van der Waals surface area contributed by atoms with Crippen LogP contribution in [-0.2, 0) is 13.8 Å². The predicted octanol–water partition coefficient (Wildman–Crippen LogP) is 1.95. The van der Waals surface area contributed by atoms with Crippen molar-refractivity contribution < 1.29 is 17.9 Å². The second-order valence-corrected chi connectivity index (χ2v) is 8.05. The fourth-order valence-electron chi connectivity index (χ4n) is 1.65. The van der Waals surface area contributed by atoms with Gasteiger partial charge in [-0.15, -0.1) is 0 Å². The molecule has 0 aromatic carbocycles. The first-order valence-corrected chi connectivity index (χ1v) is 7.88. The number of carbonyl (C=O) groups excluding carboxylic acids is 1. The highest BCUT2D eigenvalue weighted by Gasteiger charge is 2.31. The molecule has 17 heavy (non-hydrogen) atoms. The summed E-state index contributed by atoms with van der Waals surface area (Å²) in [5.41, 5.74) is -0.535. The summed E-state index contributed by atoms with van der Waals surface area (Å²) in [4.78, 5) is 13.2. The zero-order valence-corrected chi connectivity index (χ0v) is 11.8. The highest BCUT2D eigenvalue weighted by Crippen LogP contribution is 2.22. The Morgan fingerprint density at radius 1 is 1.29 bits per heavy atom. The smallest absolute Gasteiger partial charge is 0.410 e. The Bertz CT molecular complexity index is 380. The largest absolute Gasteiger partial charge is 0.444 e. The Morgan fingerprint density at radius 2 is 1.76 bits per heavy atom. The van der Waals surface area contributed by atoms with Crippen molar-refractivity contribution in [2.24, 2.45) is 0 Å². The zero-order valence-electron chi connectivity index (χ0n) is 10.3. The lowest BCUT2D eigenvalue weighted by Gasteiger charge is -2.32. The molecule has 1 saturated heterocycles. The topological polar surface area (TPSA) is 63.7 Å². The fourth-order valence-corrected chi connectivity index (χ4v) is 2.95. The summed E-state index contributed by atoms with van der Waals surface area (Å²) >= 11 is 0. The van der Waals surface area contributed by atoms with Gasteiger partial charge in [0, 0.05) is 23.8 Å². The number of halogens is 1. The molecule has 0 aromatic rings. The van der Waals surface area contributed by atoms with Gasteiger partial charge < -0.3 is 9.64 Å². The molecule has 1 fully saturated rings. The summed E-state index contributed by atoms with van der Waals surface area (Å²) in [6.45, 7) is 6.11. The van der Waals surface area contributed by atoms with E-state index >= 15 is 0 Å². The van der Waals surface area contributed by atoms with Gasteiger partial charge >= 0.3 is 6.09 Å². The fraction of sp³-hybridized carbons (Fsp3) is 0.900. The summed E-state index contributed by atoms with van der Waals surface area (Å²) in [5.74, 6) is 0. The number of nitrogens with zero attached hydrogens (tertiary/aromatic N) is 1. The van der Waals surface area contributed by atoms with Crippen molar-refractivity contribution in [3.05, 3.63) is 0 Å². The van der Waals surface area contributed by atoms with Gasteiger partial charge in [0.1, 0.15) is 5.60 Å². The number of ether oxygens (including phenoxy) is 1. The van der Waals surface area contributed by atoms with E-state index in [4.69, 9.17) is 15.4 Å². The van der Waals surface area contributed by atoms with E-state index in [0.29, 0.717) is 25.9 Å². The highest BCUT2D eigenvalue weighted by molar-refractivity contribution is 8.14. The molecule has 1 rings (SSSR count). The molecule has 1 heterocycles. The minimum atomic E-state index is -3.52. The lowest BCUT2D eigenvalue weighted by molar-refractivity contribution is 0.0218. The van der Waals surface area contributed by atoms with E-state index in [0.717, 1.165) is 0 Å². The number of carbonyl (C=O) groups is 1. The monoisotopic (exact) mass is 283 g/mol. The van der Waals surface area contributed by atoms with Crippen molar-refractivity contribution in [1.82, 2.24) is 4.90 Å². The molecule has 0 aromatic heterocycles. The maximum absolute atomic E-state index is 11.7. The van der Waals surface area contributed by atoms with E-state index < -0.39 is 26.0 Å². The zero-order chi connectivity index (χ0) is 13.3. The molecule has 0 radical (unpaired) electrons. The van der Waals surface area contributed by atoms with Gasteiger partial charge in [0.2, 0.25) is 9.05 Å². The van der Waals surface area contributed by atoms with Crippen LogP contribution in [0.2, 0.25) is 0 Å². The van der Waals surface area contributed by atoms with Gasteiger partial charge in [-0.25, -0.2) is 13.2 Å². The van der Waals surface area contributed by atoms with Gasteiger partial charge in [-0.05, 0) is 33.6 Å². The van der Waals surface area contributed by atoms with Crippen LogP contribution in [0.15, 0.2) is 0 Å². The van der Waals surface area contributed by atoms with Crippen LogP contribution in [0.1, 0.15) is 33.6 Å². The maximum Gasteiger partial charge on any atom is 0.410 e. The molecule has 0 unspecified atom stereocenters. The summed E-state index contributed by atoms with van der Waals surface area (Å²) < 4.78 is 27.4. The molecule has 7 heteroatoms. The van der Waals surface area contributed by atoms with Crippen LogP contribution in [0.3, 0.4) is 0 Å². The SMILES string of the molecule is CC(C)(C)OC(=O)N1CCC(S(=O)(=O)Cl)CC1. The second-order valence-electron chi connectivity index (χ2n) is 5.14. The summed E-state index contributed by atoms with van der Waals surface area (Å²) in [6, 6.07) is 0.